The molecule has 1 heterocycles. The molecular formula is C49H37NO5. The van der Waals surface area contributed by atoms with Crippen molar-refractivity contribution in [2.24, 2.45) is 0 Å². The molecule has 0 fully saturated rings. The fourth-order valence-electron chi connectivity index (χ4n) is 7.08. The summed E-state index contributed by atoms with van der Waals surface area (Å²) in [7, 11) is 0. The van der Waals surface area contributed by atoms with Crippen LogP contribution in [0.4, 0.5) is 5.69 Å². The van der Waals surface area contributed by atoms with E-state index < -0.39 is 5.41 Å². The fraction of sp³-hybridized carbons (Fsp3) is 0.163. The first-order valence-electron chi connectivity index (χ1n) is 17.5. The van der Waals surface area contributed by atoms with Gasteiger partial charge in [0.25, 0.3) is 0 Å². The van der Waals surface area contributed by atoms with Crippen molar-refractivity contribution in [2.45, 2.75) is 18.3 Å². The Hall–Kier alpha value is -7.43. The number of anilines is 1. The second-order valence-corrected chi connectivity index (χ2v) is 12.5. The van der Waals surface area contributed by atoms with Gasteiger partial charge in [-0.2, -0.15) is 0 Å². The molecule has 0 unspecified atom stereocenters. The standard InChI is InChI=1S/C49H37NO5/c1-6-27-50-43-20-14-13-19-42(43)49(48(50)51,40-23-25-46(54-30-9-4)38(34-40)32-36-17-11-15-21-44(36)52-28-7-2)41-24-26-47(55-31-10-5)39(35-41)33-37-18-12-16-22-45(37)53-29-8-3/h1-5,11-26,34-35H,27-33H2. The van der Waals surface area contributed by atoms with Gasteiger partial charge >= 0.3 is 0 Å². The van der Waals surface area contributed by atoms with E-state index in [1.165, 1.54) is 0 Å². The van der Waals surface area contributed by atoms with Crippen molar-refractivity contribution in [3.8, 4) is 84.7 Å². The number of hydrogen-bond donors (Lipinski definition) is 0. The van der Waals surface area contributed by atoms with Gasteiger partial charge in [0.1, 0.15) is 54.8 Å². The fourth-order valence-corrected chi connectivity index (χ4v) is 7.08. The first-order chi connectivity index (χ1) is 27.0. The highest BCUT2D eigenvalue weighted by atomic mass is 16.5. The van der Waals surface area contributed by atoms with Gasteiger partial charge in [0.15, 0.2) is 0 Å². The van der Waals surface area contributed by atoms with Crippen LogP contribution >= 0.6 is 0 Å². The van der Waals surface area contributed by atoms with Crippen LogP contribution in [-0.4, -0.2) is 38.9 Å². The van der Waals surface area contributed by atoms with E-state index >= 15 is 4.79 Å². The normalized spacial score (nSPS) is 12.2. The summed E-state index contributed by atoms with van der Waals surface area (Å²) in [5, 5.41) is 0. The minimum atomic E-state index is -1.34. The number of benzene rings is 5. The van der Waals surface area contributed by atoms with Crippen molar-refractivity contribution in [2.75, 3.05) is 37.9 Å². The Balaban J connectivity index is 1.59. The van der Waals surface area contributed by atoms with Crippen LogP contribution < -0.4 is 23.8 Å². The van der Waals surface area contributed by atoms with Crippen LogP contribution in [0.2, 0.25) is 0 Å². The zero-order chi connectivity index (χ0) is 38.6. The van der Waals surface area contributed by atoms with E-state index in [2.05, 4.69) is 29.6 Å². The molecule has 268 valence electrons. The van der Waals surface area contributed by atoms with Crippen molar-refractivity contribution in [1.29, 1.82) is 0 Å². The average Bonchev–Trinajstić information content (AvgIpc) is 3.46. The van der Waals surface area contributed by atoms with Crippen molar-refractivity contribution in [3.63, 3.8) is 0 Å². The lowest BCUT2D eigenvalue weighted by Crippen LogP contribution is -2.42. The Kier molecular flexibility index (Phi) is 11.8. The largest absolute Gasteiger partial charge is 0.481 e. The number of fused-ring (bicyclic) bond motifs is 1. The van der Waals surface area contributed by atoms with Crippen LogP contribution in [0.15, 0.2) is 109 Å². The molecule has 0 bridgehead atoms. The summed E-state index contributed by atoms with van der Waals surface area (Å²) in [6.45, 7) is 0.407. The Morgan fingerprint density at radius 2 is 0.909 bits per heavy atom. The molecule has 6 rings (SSSR count). The van der Waals surface area contributed by atoms with E-state index in [-0.39, 0.29) is 38.9 Å². The average molecular weight is 720 g/mol. The van der Waals surface area contributed by atoms with Crippen LogP contribution in [0.1, 0.15) is 38.9 Å². The topological polar surface area (TPSA) is 57.2 Å². The molecule has 5 aromatic carbocycles. The molecule has 0 atom stereocenters. The number of para-hydroxylation sites is 3. The number of rotatable bonds is 15. The maximum Gasteiger partial charge on any atom is 0.247 e. The smallest absolute Gasteiger partial charge is 0.247 e. The van der Waals surface area contributed by atoms with Gasteiger partial charge in [-0.3, -0.25) is 9.69 Å². The molecule has 5 aromatic rings. The van der Waals surface area contributed by atoms with E-state index in [0.29, 0.717) is 47.0 Å². The lowest BCUT2D eigenvalue weighted by Gasteiger charge is -2.32. The lowest BCUT2D eigenvalue weighted by atomic mass is 9.69. The third kappa shape index (κ3) is 7.57. The van der Waals surface area contributed by atoms with Crippen molar-refractivity contribution >= 4 is 11.6 Å². The predicted octanol–water partition coefficient (Wildman–Crippen LogP) is 7.23. The van der Waals surface area contributed by atoms with Crippen molar-refractivity contribution < 1.29 is 23.7 Å². The number of nitrogens with zero attached hydrogens (tertiary/aromatic N) is 1. The molecule has 6 nitrogen and oxygen atoms in total. The summed E-state index contributed by atoms with van der Waals surface area (Å²) in [6, 6.07) is 34.6. The summed E-state index contributed by atoms with van der Waals surface area (Å²) >= 11 is 0. The van der Waals surface area contributed by atoms with E-state index in [4.69, 9.17) is 51.1 Å². The van der Waals surface area contributed by atoms with Crippen LogP contribution in [0.5, 0.6) is 23.0 Å². The highest BCUT2D eigenvalue weighted by Gasteiger charge is 2.53. The molecule has 1 aliphatic heterocycles. The van der Waals surface area contributed by atoms with Crippen LogP contribution in [-0.2, 0) is 23.1 Å². The Morgan fingerprint density at radius 1 is 0.491 bits per heavy atom. The van der Waals surface area contributed by atoms with E-state index in [1.54, 1.807) is 4.90 Å². The molecule has 0 N–H and O–H groups in total. The number of terminal acetylenes is 5. The number of amides is 1. The number of carbonyl (C=O) groups is 1. The molecule has 0 saturated carbocycles. The molecule has 0 spiro atoms. The third-order valence-electron chi connectivity index (χ3n) is 9.35. The SMILES string of the molecule is C#CCOc1ccccc1Cc1cc(C2(c3ccc(OCC#C)c(Cc4ccccc4OCC#C)c3)C(=O)N(CC#C)c3ccccc32)ccc1OCC#C. The number of hydrogen-bond acceptors (Lipinski definition) is 5. The lowest BCUT2D eigenvalue weighted by molar-refractivity contribution is -0.120. The summed E-state index contributed by atoms with van der Waals surface area (Å²) in [4.78, 5) is 17.0. The summed E-state index contributed by atoms with van der Waals surface area (Å²) in [5.41, 5.74) is 4.90. The maximum atomic E-state index is 15.3. The second-order valence-electron chi connectivity index (χ2n) is 12.5. The van der Waals surface area contributed by atoms with Gasteiger partial charge < -0.3 is 18.9 Å². The van der Waals surface area contributed by atoms with E-state index in [9.17, 15) is 0 Å². The summed E-state index contributed by atoms with van der Waals surface area (Å²) in [5.74, 6) is 15.1. The second kappa shape index (κ2) is 17.4. The Labute approximate surface area is 323 Å². The molecule has 0 radical (unpaired) electrons. The van der Waals surface area contributed by atoms with Gasteiger partial charge in [-0.05, 0) is 63.7 Å². The molecular weight excluding hydrogens is 683 g/mol. The van der Waals surface area contributed by atoms with Gasteiger partial charge in [0, 0.05) is 24.1 Å². The third-order valence-corrected chi connectivity index (χ3v) is 9.35. The van der Waals surface area contributed by atoms with Crippen molar-refractivity contribution in [1.82, 2.24) is 0 Å². The monoisotopic (exact) mass is 719 g/mol. The zero-order valence-corrected chi connectivity index (χ0v) is 30.2. The van der Waals surface area contributed by atoms with E-state index in [0.717, 1.165) is 33.5 Å². The maximum absolute atomic E-state index is 15.3. The molecule has 0 aromatic heterocycles. The molecule has 6 heteroatoms. The first-order valence-corrected chi connectivity index (χ1v) is 17.5. The summed E-state index contributed by atoms with van der Waals surface area (Å²) < 4.78 is 24.0. The predicted molar refractivity (Wildman–Crippen MR) is 216 cm³/mol. The molecule has 1 aliphatic rings. The van der Waals surface area contributed by atoms with Gasteiger partial charge in [-0.25, -0.2) is 0 Å². The van der Waals surface area contributed by atoms with Crippen molar-refractivity contribution in [3.05, 3.63) is 148 Å². The summed E-state index contributed by atoms with van der Waals surface area (Å²) in [6.07, 6.45) is 29.0. The van der Waals surface area contributed by atoms with Gasteiger partial charge in [-0.1, -0.05) is 108 Å². The molecule has 0 aliphatic carbocycles. The minimum Gasteiger partial charge on any atom is -0.481 e. The Bertz CT molecular complexity index is 2300. The zero-order valence-electron chi connectivity index (χ0n) is 30.2. The Morgan fingerprint density at radius 3 is 1.36 bits per heavy atom. The first kappa shape index (κ1) is 37.3. The van der Waals surface area contributed by atoms with Crippen LogP contribution in [0, 0.1) is 61.7 Å². The molecule has 1 amide bonds. The van der Waals surface area contributed by atoms with Gasteiger partial charge in [0.05, 0.1) is 6.54 Å². The van der Waals surface area contributed by atoms with Gasteiger partial charge in [0.2, 0.25) is 5.91 Å². The van der Waals surface area contributed by atoms with Crippen LogP contribution in [0.25, 0.3) is 0 Å². The van der Waals surface area contributed by atoms with Crippen LogP contribution in [0.3, 0.4) is 0 Å². The van der Waals surface area contributed by atoms with E-state index in [1.807, 2.05) is 109 Å². The number of carbonyl (C=O) groups excluding carboxylic acids is 1. The molecule has 55 heavy (non-hydrogen) atoms. The highest BCUT2D eigenvalue weighted by molar-refractivity contribution is 6.13. The molecule has 0 saturated heterocycles. The number of ether oxygens (including phenoxy) is 4. The quantitative estimate of drug-likeness (QED) is 0.107. The van der Waals surface area contributed by atoms with Gasteiger partial charge in [-0.15, -0.1) is 32.1 Å². The minimum absolute atomic E-state index is 0.0550. The highest BCUT2D eigenvalue weighted by Crippen LogP contribution is 2.52.